The van der Waals surface area contributed by atoms with Gasteiger partial charge in [0.25, 0.3) is 5.69 Å². The Bertz CT molecular complexity index is 598. The van der Waals surface area contributed by atoms with Crippen LogP contribution in [0.1, 0.15) is 12.5 Å². The van der Waals surface area contributed by atoms with Crippen molar-refractivity contribution in [2.75, 3.05) is 6.61 Å². The number of primary amides is 1. The number of aliphatic hydroxyl groups excluding tert-OH is 1. The number of hydrogen-bond acceptors (Lipinski definition) is 6. The van der Waals surface area contributed by atoms with E-state index in [9.17, 15) is 24.8 Å². The zero-order valence-corrected chi connectivity index (χ0v) is 11.6. The summed E-state index contributed by atoms with van der Waals surface area (Å²) in [5, 5.41) is 26.2. The Hall–Kier alpha value is -3.01. The highest BCUT2D eigenvalue weighted by molar-refractivity contribution is 6.06. The van der Waals surface area contributed by atoms with Crippen LogP contribution in [0.2, 0.25) is 0 Å². The van der Waals surface area contributed by atoms with Gasteiger partial charge in [-0.15, -0.1) is 0 Å². The van der Waals surface area contributed by atoms with Gasteiger partial charge >= 0.3 is 6.03 Å². The molecule has 0 aliphatic carbocycles. The van der Waals surface area contributed by atoms with E-state index in [1.807, 2.05) is 5.43 Å². The van der Waals surface area contributed by atoms with Gasteiger partial charge in [0.15, 0.2) is 0 Å². The highest BCUT2D eigenvalue weighted by Crippen LogP contribution is 2.14. The Balaban J connectivity index is 3.18. The Morgan fingerprint density at radius 3 is 2.41 bits per heavy atom. The molecule has 0 fully saturated rings. The minimum atomic E-state index is -0.932. The fraction of sp³-hybridized carbons (Fsp3) is 0.250. The van der Waals surface area contributed by atoms with Crippen molar-refractivity contribution in [1.29, 1.82) is 0 Å². The number of benzene rings is 1. The third-order valence-corrected chi connectivity index (χ3v) is 2.55. The lowest BCUT2D eigenvalue weighted by molar-refractivity contribution is -0.384. The van der Waals surface area contributed by atoms with Crippen molar-refractivity contribution in [2.24, 2.45) is 10.8 Å². The number of hydrogen-bond donors (Lipinski definition) is 4. The molecule has 0 bridgehead atoms. The number of carbonyl (C=O) groups excluding carboxylic acids is 2. The highest BCUT2D eigenvalue weighted by atomic mass is 16.6. The van der Waals surface area contributed by atoms with Crippen LogP contribution >= 0.6 is 0 Å². The minimum Gasteiger partial charge on any atom is -0.394 e. The van der Waals surface area contributed by atoms with Crippen molar-refractivity contribution in [2.45, 2.75) is 13.0 Å². The van der Waals surface area contributed by atoms with Crippen LogP contribution in [0.4, 0.5) is 10.5 Å². The summed E-state index contributed by atoms with van der Waals surface area (Å²) in [6.45, 7) is 0.757. The van der Waals surface area contributed by atoms with Gasteiger partial charge in [-0.05, 0) is 12.1 Å². The zero-order valence-electron chi connectivity index (χ0n) is 11.6. The summed E-state index contributed by atoms with van der Waals surface area (Å²) >= 11 is 0. The molecule has 10 heteroatoms. The maximum absolute atomic E-state index is 11.2. The predicted octanol–water partition coefficient (Wildman–Crippen LogP) is -0.536. The van der Waals surface area contributed by atoms with Gasteiger partial charge in [0, 0.05) is 24.6 Å². The second-order valence-electron chi connectivity index (χ2n) is 4.21. The fourth-order valence-electron chi connectivity index (χ4n) is 1.66. The summed E-state index contributed by atoms with van der Waals surface area (Å²) in [7, 11) is 0. The molecule has 1 atom stereocenters. The molecule has 0 aliphatic rings. The van der Waals surface area contributed by atoms with Crippen molar-refractivity contribution in [3.8, 4) is 0 Å². The number of nitrogens with one attached hydrogen (secondary N) is 2. The summed E-state index contributed by atoms with van der Waals surface area (Å²) in [4.78, 5) is 32.0. The van der Waals surface area contributed by atoms with Gasteiger partial charge in [-0.1, -0.05) is 0 Å². The largest absolute Gasteiger partial charge is 0.394 e. The van der Waals surface area contributed by atoms with Crippen LogP contribution in [0, 0.1) is 10.1 Å². The summed E-state index contributed by atoms with van der Waals surface area (Å²) in [6, 6.07) is 3.38. The van der Waals surface area contributed by atoms with Crippen LogP contribution < -0.4 is 16.5 Å². The topological polar surface area (TPSA) is 160 Å². The Morgan fingerprint density at radius 2 is 2.00 bits per heavy atom. The number of aliphatic hydroxyl groups is 1. The summed E-state index contributed by atoms with van der Waals surface area (Å²) < 4.78 is 0. The van der Waals surface area contributed by atoms with E-state index in [1.54, 1.807) is 0 Å². The lowest BCUT2D eigenvalue weighted by atomic mass is 10.0. The average Bonchev–Trinajstić information content (AvgIpc) is 2.45. The Morgan fingerprint density at radius 1 is 1.41 bits per heavy atom. The van der Waals surface area contributed by atoms with Gasteiger partial charge in [0.2, 0.25) is 5.91 Å². The third kappa shape index (κ3) is 4.83. The molecule has 10 nitrogen and oxygen atoms in total. The number of amides is 3. The standard InChI is InChI=1S/C12H15N5O5/c1-7(19)14-10(6-18)11(15-16-12(13)20)8-2-4-9(5-3-8)17(21)22/h2-5,10,18H,6H2,1H3,(H,14,19)(H3,13,16,20)/t10-/m0/s1. The predicted molar refractivity (Wildman–Crippen MR) is 77.0 cm³/mol. The molecule has 118 valence electrons. The van der Waals surface area contributed by atoms with Gasteiger partial charge in [-0.25, -0.2) is 10.2 Å². The smallest absolute Gasteiger partial charge is 0.332 e. The maximum atomic E-state index is 11.2. The monoisotopic (exact) mass is 309 g/mol. The summed E-state index contributed by atoms with van der Waals surface area (Å²) in [5.74, 6) is -0.423. The SMILES string of the molecule is CC(=O)N[C@@H](CO)C(=NNC(N)=O)c1ccc([N+](=O)[O-])cc1. The summed E-state index contributed by atoms with van der Waals surface area (Å²) in [6.07, 6.45) is 0. The van der Waals surface area contributed by atoms with Crippen molar-refractivity contribution in [3.63, 3.8) is 0 Å². The van der Waals surface area contributed by atoms with Crippen LogP contribution in [0.25, 0.3) is 0 Å². The number of non-ortho nitro benzene ring substituents is 1. The number of nitro groups is 1. The molecule has 0 radical (unpaired) electrons. The van der Waals surface area contributed by atoms with E-state index >= 15 is 0 Å². The van der Waals surface area contributed by atoms with Crippen LogP contribution in [-0.4, -0.2) is 40.3 Å². The number of hydrazone groups is 1. The number of nitrogens with zero attached hydrogens (tertiary/aromatic N) is 2. The van der Waals surface area contributed by atoms with Gasteiger partial charge in [-0.2, -0.15) is 5.10 Å². The molecular formula is C12H15N5O5. The van der Waals surface area contributed by atoms with Crippen molar-refractivity contribution in [1.82, 2.24) is 10.7 Å². The van der Waals surface area contributed by atoms with Crippen LogP contribution in [0.15, 0.2) is 29.4 Å². The molecule has 0 aromatic heterocycles. The van der Waals surface area contributed by atoms with Crippen LogP contribution in [0.5, 0.6) is 0 Å². The highest BCUT2D eigenvalue weighted by Gasteiger charge is 2.19. The second kappa shape index (κ2) is 7.69. The van der Waals surface area contributed by atoms with Gasteiger partial charge in [0.1, 0.15) is 0 Å². The minimum absolute atomic E-state index is 0.103. The van der Waals surface area contributed by atoms with E-state index in [-0.39, 0.29) is 11.4 Å². The van der Waals surface area contributed by atoms with Crippen LogP contribution in [-0.2, 0) is 4.79 Å². The first-order chi connectivity index (χ1) is 10.3. The molecule has 22 heavy (non-hydrogen) atoms. The molecule has 3 amide bonds. The van der Waals surface area contributed by atoms with Crippen LogP contribution in [0.3, 0.4) is 0 Å². The van der Waals surface area contributed by atoms with Crippen molar-refractivity contribution in [3.05, 3.63) is 39.9 Å². The molecular weight excluding hydrogens is 294 g/mol. The fourth-order valence-corrected chi connectivity index (χ4v) is 1.66. The van der Waals surface area contributed by atoms with Gasteiger partial charge < -0.3 is 16.2 Å². The molecule has 1 rings (SSSR count). The van der Waals surface area contributed by atoms with E-state index < -0.39 is 29.5 Å². The van der Waals surface area contributed by atoms with E-state index in [1.165, 1.54) is 31.2 Å². The Labute approximate surface area is 125 Å². The van der Waals surface area contributed by atoms with Gasteiger partial charge in [-0.3, -0.25) is 14.9 Å². The van der Waals surface area contributed by atoms with Crippen molar-refractivity contribution >= 4 is 23.3 Å². The number of nitrogens with two attached hydrogens (primary N) is 1. The van der Waals surface area contributed by atoms with E-state index in [0.717, 1.165) is 0 Å². The number of rotatable bonds is 6. The first-order valence-corrected chi connectivity index (χ1v) is 6.11. The molecule has 1 aromatic carbocycles. The lowest BCUT2D eigenvalue weighted by Gasteiger charge is -2.18. The molecule has 1 aromatic rings. The Kier molecular flexibility index (Phi) is 5.96. The molecule has 0 unspecified atom stereocenters. The van der Waals surface area contributed by atoms with E-state index in [2.05, 4.69) is 10.4 Å². The van der Waals surface area contributed by atoms with Gasteiger partial charge in [0.05, 0.1) is 23.3 Å². The van der Waals surface area contributed by atoms with E-state index in [4.69, 9.17) is 5.73 Å². The van der Waals surface area contributed by atoms with E-state index in [0.29, 0.717) is 5.56 Å². The average molecular weight is 309 g/mol. The molecule has 0 saturated heterocycles. The number of nitro benzene ring substituents is 1. The molecule has 0 heterocycles. The summed E-state index contributed by atoms with van der Waals surface area (Å²) in [5.41, 5.74) is 7.27. The molecule has 0 aliphatic heterocycles. The number of urea groups is 1. The molecule has 0 saturated carbocycles. The lowest BCUT2D eigenvalue weighted by Crippen LogP contribution is -2.44. The quantitative estimate of drug-likeness (QED) is 0.315. The first kappa shape index (κ1) is 17.0. The normalized spacial score (nSPS) is 12.4. The zero-order chi connectivity index (χ0) is 16.7. The second-order valence-corrected chi connectivity index (χ2v) is 4.21. The maximum Gasteiger partial charge on any atom is 0.332 e. The van der Waals surface area contributed by atoms with Crippen molar-refractivity contribution < 1.29 is 19.6 Å². The molecule has 5 N–H and O–H groups in total. The first-order valence-electron chi connectivity index (χ1n) is 6.11. The molecule has 0 spiro atoms. The third-order valence-electron chi connectivity index (χ3n) is 2.55. The number of carbonyl (C=O) groups is 2.